The molecule has 11 heteroatoms. The summed E-state index contributed by atoms with van der Waals surface area (Å²) in [7, 11) is 1.64. The van der Waals surface area contributed by atoms with Crippen molar-refractivity contribution in [2.75, 3.05) is 18.5 Å². The second-order valence-corrected chi connectivity index (χ2v) is 8.34. The lowest BCUT2D eigenvalue weighted by molar-refractivity contribution is -0.137. The Balaban J connectivity index is 1.52. The molecule has 0 bridgehead atoms. The van der Waals surface area contributed by atoms with Gasteiger partial charge >= 0.3 is 18.2 Å². The van der Waals surface area contributed by atoms with E-state index in [1.807, 2.05) is 0 Å². The van der Waals surface area contributed by atoms with Gasteiger partial charge in [0.05, 0.1) is 11.1 Å². The summed E-state index contributed by atoms with van der Waals surface area (Å²) in [6.45, 7) is 0.370. The van der Waals surface area contributed by atoms with Crippen LogP contribution in [0.4, 0.5) is 23.1 Å². The number of hydrogen-bond donors (Lipinski definition) is 0. The van der Waals surface area contributed by atoms with Gasteiger partial charge in [0.2, 0.25) is 5.13 Å². The summed E-state index contributed by atoms with van der Waals surface area (Å²) < 4.78 is 43.7. The van der Waals surface area contributed by atoms with Crippen molar-refractivity contribution in [1.82, 2.24) is 15.1 Å². The minimum Gasteiger partial charge on any atom is -0.437 e. The molecule has 7 nitrogen and oxygen atoms in total. The van der Waals surface area contributed by atoms with Gasteiger partial charge in [0.1, 0.15) is 5.01 Å². The fraction of sp³-hybridized carbons (Fsp3) is 0.474. The van der Waals surface area contributed by atoms with Gasteiger partial charge in [-0.3, -0.25) is 0 Å². The minimum atomic E-state index is -4.49. The standard InChI is InChI=1S/C19H19F3N4O3S/c1-25-10-9-14(29-16(27)12-5-7-13(8-6-12)19(20,21)22)26(18(25)28)17-24-23-15(30-17)11-3-2-4-11/h5-8,11,14H,2-4,9-10H2,1H3. The van der Waals surface area contributed by atoms with E-state index in [1.54, 1.807) is 7.05 Å². The van der Waals surface area contributed by atoms with E-state index in [1.165, 1.54) is 21.1 Å². The van der Waals surface area contributed by atoms with Gasteiger partial charge in [0, 0.05) is 25.9 Å². The van der Waals surface area contributed by atoms with Crippen molar-refractivity contribution in [2.24, 2.45) is 0 Å². The summed E-state index contributed by atoms with van der Waals surface area (Å²) in [5, 5.41) is 9.51. The van der Waals surface area contributed by atoms with Crippen molar-refractivity contribution in [2.45, 2.75) is 44.0 Å². The highest BCUT2D eigenvalue weighted by Gasteiger charge is 2.38. The topological polar surface area (TPSA) is 75.6 Å². The summed E-state index contributed by atoms with van der Waals surface area (Å²) in [5.74, 6) is -0.457. The predicted molar refractivity (Wildman–Crippen MR) is 102 cm³/mol. The first-order valence-corrected chi connectivity index (χ1v) is 10.3. The molecule has 1 saturated heterocycles. The zero-order valence-electron chi connectivity index (χ0n) is 16.1. The number of aromatic nitrogens is 2. The molecule has 0 radical (unpaired) electrons. The van der Waals surface area contributed by atoms with Gasteiger partial charge in [-0.15, -0.1) is 10.2 Å². The summed E-state index contributed by atoms with van der Waals surface area (Å²) in [4.78, 5) is 28.1. The number of esters is 1. The molecule has 4 rings (SSSR count). The normalized spacial score (nSPS) is 20.3. The first-order valence-electron chi connectivity index (χ1n) is 9.50. The van der Waals surface area contributed by atoms with Crippen molar-refractivity contribution in [3.63, 3.8) is 0 Å². The molecule has 1 aromatic carbocycles. The minimum absolute atomic E-state index is 0.0262. The van der Waals surface area contributed by atoms with E-state index in [4.69, 9.17) is 4.74 Å². The number of alkyl halides is 3. The monoisotopic (exact) mass is 440 g/mol. The van der Waals surface area contributed by atoms with Gasteiger partial charge < -0.3 is 9.64 Å². The molecule has 30 heavy (non-hydrogen) atoms. The molecular weight excluding hydrogens is 421 g/mol. The Bertz CT molecular complexity index is 943. The van der Waals surface area contributed by atoms with Crippen LogP contribution in [0.5, 0.6) is 0 Å². The summed E-state index contributed by atoms with van der Waals surface area (Å²) in [5.41, 5.74) is -0.880. The number of amides is 2. The number of benzene rings is 1. The maximum atomic E-state index is 12.7. The maximum Gasteiger partial charge on any atom is 0.416 e. The number of anilines is 1. The fourth-order valence-corrected chi connectivity index (χ4v) is 4.33. The number of nitrogens with zero attached hydrogens (tertiary/aromatic N) is 4. The van der Waals surface area contributed by atoms with E-state index in [0.717, 1.165) is 48.5 Å². The second kappa shape index (κ2) is 7.86. The highest BCUT2D eigenvalue weighted by molar-refractivity contribution is 7.15. The van der Waals surface area contributed by atoms with E-state index in [-0.39, 0.29) is 11.6 Å². The number of ether oxygens (including phenoxy) is 1. The SMILES string of the molecule is CN1CCC(OC(=O)c2ccc(C(F)(F)F)cc2)N(c2nnc(C3CCC3)s2)C1=O. The van der Waals surface area contributed by atoms with Gasteiger partial charge in [-0.05, 0) is 37.1 Å². The van der Waals surface area contributed by atoms with Gasteiger partial charge in [0.15, 0.2) is 6.23 Å². The smallest absolute Gasteiger partial charge is 0.416 e. The molecule has 1 aliphatic heterocycles. The van der Waals surface area contributed by atoms with Crippen molar-refractivity contribution in [3.05, 3.63) is 40.4 Å². The molecule has 2 aromatic rings. The van der Waals surface area contributed by atoms with Crippen LogP contribution >= 0.6 is 11.3 Å². The predicted octanol–water partition coefficient (Wildman–Crippen LogP) is 4.27. The van der Waals surface area contributed by atoms with Gasteiger partial charge in [-0.25, -0.2) is 14.5 Å². The van der Waals surface area contributed by atoms with Crippen LogP contribution < -0.4 is 4.90 Å². The van der Waals surface area contributed by atoms with Gasteiger partial charge in [-0.1, -0.05) is 17.8 Å². The van der Waals surface area contributed by atoms with Crippen molar-refractivity contribution in [3.8, 4) is 0 Å². The number of halogens is 3. The van der Waals surface area contributed by atoms with Crippen LogP contribution in [0, 0.1) is 0 Å². The summed E-state index contributed by atoms with van der Waals surface area (Å²) in [6, 6.07) is 3.40. The van der Waals surface area contributed by atoms with Crippen LogP contribution in [0.3, 0.4) is 0 Å². The number of rotatable bonds is 4. The molecule has 1 aliphatic carbocycles. The lowest BCUT2D eigenvalue weighted by atomic mass is 9.86. The number of carbonyl (C=O) groups excluding carboxylic acids is 2. The van der Waals surface area contributed by atoms with Crippen LogP contribution in [0.15, 0.2) is 24.3 Å². The molecule has 2 fully saturated rings. The van der Waals surface area contributed by atoms with Crippen LogP contribution in [0.2, 0.25) is 0 Å². The Labute approximate surface area is 174 Å². The molecule has 2 amide bonds. The first kappa shape index (κ1) is 20.6. The van der Waals surface area contributed by atoms with Crippen LogP contribution in [0.1, 0.15) is 52.5 Å². The second-order valence-electron chi connectivity index (χ2n) is 7.35. The van der Waals surface area contributed by atoms with Gasteiger partial charge in [0.25, 0.3) is 0 Å². The van der Waals surface area contributed by atoms with Crippen LogP contribution in [0.25, 0.3) is 0 Å². The lowest BCUT2D eigenvalue weighted by Crippen LogP contribution is -2.54. The van der Waals surface area contributed by atoms with E-state index < -0.39 is 23.9 Å². The summed E-state index contributed by atoms with van der Waals surface area (Å²) in [6.07, 6.45) is -1.85. The Morgan fingerprint density at radius 1 is 1.17 bits per heavy atom. The quantitative estimate of drug-likeness (QED) is 0.664. The zero-order chi connectivity index (χ0) is 21.5. The molecule has 160 valence electrons. The molecule has 2 heterocycles. The molecule has 1 unspecified atom stereocenters. The molecule has 2 aliphatic rings. The van der Waals surface area contributed by atoms with Crippen LogP contribution in [-0.4, -0.2) is 46.9 Å². The van der Waals surface area contributed by atoms with E-state index in [0.29, 0.717) is 24.0 Å². The Hall–Kier alpha value is -2.69. The van der Waals surface area contributed by atoms with Crippen molar-refractivity contribution in [1.29, 1.82) is 0 Å². The molecule has 1 aromatic heterocycles. The first-order chi connectivity index (χ1) is 14.2. The number of hydrogen-bond acceptors (Lipinski definition) is 6. The third kappa shape index (κ3) is 3.98. The number of carbonyl (C=O) groups is 2. The number of urea groups is 1. The molecular formula is C19H19F3N4O3S. The highest BCUT2D eigenvalue weighted by Crippen LogP contribution is 2.40. The van der Waals surface area contributed by atoms with Crippen molar-refractivity contribution < 1.29 is 27.5 Å². The Kier molecular flexibility index (Phi) is 5.39. The molecule has 1 saturated carbocycles. The molecule has 1 atom stereocenters. The van der Waals surface area contributed by atoms with E-state index in [2.05, 4.69) is 10.2 Å². The molecule has 0 spiro atoms. The van der Waals surface area contributed by atoms with E-state index >= 15 is 0 Å². The molecule has 0 N–H and O–H groups in total. The Morgan fingerprint density at radius 3 is 2.47 bits per heavy atom. The van der Waals surface area contributed by atoms with Gasteiger partial charge in [-0.2, -0.15) is 13.2 Å². The highest BCUT2D eigenvalue weighted by atomic mass is 32.1. The third-order valence-corrected chi connectivity index (χ3v) is 6.40. The van der Waals surface area contributed by atoms with Crippen LogP contribution in [-0.2, 0) is 10.9 Å². The fourth-order valence-electron chi connectivity index (χ4n) is 3.28. The zero-order valence-corrected chi connectivity index (χ0v) is 16.9. The largest absolute Gasteiger partial charge is 0.437 e. The third-order valence-electron chi connectivity index (χ3n) is 5.31. The maximum absolute atomic E-state index is 12.7. The van der Waals surface area contributed by atoms with E-state index in [9.17, 15) is 22.8 Å². The van der Waals surface area contributed by atoms with Crippen molar-refractivity contribution >= 4 is 28.5 Å². The summed E-state index contributed by atoms with van der Waals surface area (Å²) >= 11 is 1.30. The average molecular weight is 440 g/mol. The lowest BCUT2D eigenvalue weighted by Gasteiger charge is -2.37. The Morgan fingerprint density at radius 2 is 1.87 bits per heavy atom. The average Bonchev–Trinajstić information content (AvgIpc) is 3.11.